The van der Waals surface area contributed by atoms with Crippen LogP contribution in [0, 0.1) is 11.7 Å². The van der Waals surface area contributed by atoms with E-state index in [0.717, 1.165) is 31.6 Å². The van der Waals surface area contributed by atoms with Crippen LogP contribution in [0.4, 0.5) is 4.39 Å². The third kappa shape index (κ3) is 4.53. The van der Waals surface area contributed by atoms with Crippen LogP contribution in [0.5, 0.6) is 0 Å². The van der Waals surface area contributed by atoms with Gasteiger partial charge in [0.1, 0.15) is 5.82 Å². The Bertz CT molecular complexity index is 546. The van der Waals surface area contributed by atoms with Crippen molar-refractivity contribution in [2.24, 2.45) is 5.92 Å². The number of likely N-dealkylation sites (tertiary alicyclic amines) is 1. The zero-order chi connectivity index (χ0) is 16.9. The quantitative estimate of drug-likeness (QED) is 0.870. The number of rotatable bonds is 4. The highest BCUT2D eigenvalue weighted by molar-refractivity contribution is 5.79. The molecule has 0 saturated carbocycles. The number of hydrogen-bond donors (Lipinski definition) is 2. The molecule has 0 bridgehead atoms. The molecule has 2 saturated heterocycles. The van der Waals surface area contributed by atoms with E-state index in [9.17, 15) is 14.3 Å². The number of nitrogens with zero attached hydrogens (tertiary/aromatic N) is 1. The van der Waals surface area contributed by atoms with Crippen LogP contribution in [0.1, 0.15) is 24.8 Å². The van der Waals surface area contributed by atoms with Crippen LogP contribution in [0.2, 0.25) is 0 Å². The summed E-state index contributed by atoms with van der Waals surface area (Å²) >= 11 is 0. The van der Waals surface area contributed by atoms with Crippen LogP contribution in [-0.2, 0) is 16.1 Å². The van der Waals surface area contributed by atoms with Crippen molar-refractivity contribution in [2.75, 3.05) is 26.3 Å². The predicted molar refractivity (Wildman–Crippen MR) is 87.8 cm³/mol. The number of carbonyl (C=O) groups excluding carboxylic acids is 1. The first kappa shape index (κ1) is 17.3. The monoisotopic (exact) mass is 336 g/mol. The number of aliphatic hydroxyl groups excluding tert-OH is 1. The first-order valence-electron chi connectivity index (χ1n) is 8.65. The Morgan fingerprint density at radius 3 is 2.79 bits per heavy atom. The van der Waals surface area contributed by atoms with Gasteiger partial charge in [-0.2, -0.15) is 0 Å². The zero-order valence-electron chi connectivity index (χ0n) is 13.8. The molecule has 6 heteroatoms. The lowest BCUT2D eigenvalue weighted by molar-refractivity contribution is -0.131. The molecule has 24 heavy (non-hydrogen) atoms. The molecular weight excluding hydrogens is 311 g/mol. The summed E-state index contributed by atoms with van der Waals surface area (Å²) in [6.45, 7) is 3.18. The van der Waals surface area contributed by atoms with Crippen molar-refractivity contribution in [3.63, 3.8) is 0 Å². The van der Waals surface area contributed by atoms with Gasteiger partial charge >= 0.3 is 0 Å². The van der Waals surface area contributed by atoms with Crippen molar-refractivity contribution in [2.45, 2.75) is 38.0 Å². The van der Waals surface area contributed by atoms with Gasteiger partial charge in [-0.05, 0) is 37.0 Å². The first-order chi connectivity index (χ1) is 11.6. The number of carbonyl (C=O) groups is 1. The largest absolute Gasteiger partial charge is 0.390 e. The van der Waals surface area contributed by atoms with Crippen LogP contribution in [-0.4, -0.2) is 54.4 Å². The zero-order valence-corrected chi connectivity index (χ0v) is 13.8. The molecule has 0 radical (unpaired) electrons. The Kier molecular flexibility index (Phi) is 5.81. The van der Waals surface area contributed by atoms with E-state index in [-0.39, 0.29) is 23.7 Å². The smallest absolute Gasteiger partial charge is 0.225 e. The van der Waals surface area contributed by atoms with Gasteiger partial charge in [0.2, 0.25) is 5.91 Å². The summed E-state index contributed by atoms with van der Waals surface area (Å²) in [7, 11) is 0. The number of β-amino-alcohol motifs (C(OH)–C–C–N with tert-alkyl or cyclic N) is 1. The molecule has 2 aliphatic heterocycles. The average molecular weight is 336 g/mol. The minimum atomic E-state index is -0.590. The Labute approximate surface area is 141 Å². The van der Waals surface area contributed by atoms with E-state index in [1.165, 1.54) is 12.1 Å². The van der Waals surface area contributed by atoms with Gasteiger partial charge in [-0.3, -0.25) is 9.69 Å². The number of halogens is 1. The van der Waals surface area contributed by atoms with E-state index >= 15 is 0 Å². The topological polar surface area (TPSA) is 61.8 Å². The van der Waals surface area contributed by atoms with E-state index in [2.05, 4.69) is 10.2 Å². The molecule has 3 atom stereocenters. The summed E-state index contributed by atoms with van der Waals surface area (Å²) in [6, 6.07) is 6.22. The van der Waals surface area contributed by atoms with Gasteiger partial charge in [-0.1, -0.05) is 12.1 Å². The Morgan fingerprint density at radius 1 is 1.33 bits per heavy atom. The van der Waals surface area contributed by atoms with Gasteiger partial charge in [-0.25, -0.2) is 4.39 Å². The molecule has 132 valence electrons. The predicted octanol–water partition coefficient (Wildman–Crippen LogP) is 1.30. The van der Waals surface area contributed by atoms with Crippen LogP contribution in [0.25, 0.3) is 0 Å². The Balaban J connectivity index is 1.47. The van der Waals surface area contributed by atoms with Gasteiger partial charge in [0, 0.05) is 26.2 Å². The third-order valence-corrected chi connectivity index (χ3v) is 4.84. The van der Waals surface area contributed by atoms with Crippen molar-refractivity contribution < 1.29 is 19.0 Å². The van der Waals surface area contributed by atoms with Crippen molar-refractivity contribution in [1.29, 1.82) is 0 Å². The van der Waals surface area contributed by atoms with Crippen LogP contribution < -0.4 is 5.32 Å². The number of benzene rings is 1. The number of aliphatic hydroxyl groups is 1. The summed E-state index contributed by atoms with van der Waals surface area (Å²) in [6.07, 6.45) is 1.89. The highest BCUT2D eigenvalue weighted by Gasteiger charge is 2.31. The number of hydrogen-bond acceptors (Lipinski definition) is 4. The number of ether oxygens (including phenoxy) is 1. The van der Waals surface area contributed by atoms with Crippen molar-refractivity contribution in [3.05, 3.63) is 35.6 Å². The molecule has 1 amide bonds. The van der Waals surface area contributed by atoms with Crippen LogP contribution in [0.15, 0.2) is 24.3 Å². The fourth-order valence-corrected chi connectivity index (χ4v) is 3.41. The van der Waals surface area contributed by atoms with E-state index in [1.807, 2.05) is 0 Å². The van der Waals surface area contributed by atoms with Gasteiger partial charge in [0.05, 0.1) is 24.7 Å². The molecule has 2 fully saturated rings. The van der Waals surface area contributed by atoms with E-state index in [0.29, 0.717) is 26.1 Å². The fourth-order valence-electron chi connectivity index (χ4n) is 3.41. The molecular formula is C18H25FN2O3. The van der Waals surface area contributed by atoms with Gasteiger partial charge in [0.25, 0.3) is 0 Å². The first-order valence-corrected chi connectivity index (χ1v) is 8.65. The lowest BCUT2D eigenvalue weighted by atomic mass is 9.97. The minimum Gasteiger partial charge on any atom is -0.390 e. The number of amides is 1. The second-order valence-electron chi connectivity index (χ2n) is 6.75. The molecule has 1 aromatic carbocycles. The summed E-state index contributed by atoms with van der Waals surface area (Å²) in [5.74, 6) is -0.346. The van der Waals surface area contributed by atoms with Gasteiger partial charge in [-0.15, -0.1) is 0 Å². The molecule has 2 heterocycles. The van der Waals surface area contributed by atoms with Crippen LogP contribution in [0.3, 0.4) is 0 Å². The van der Waals surface area contributed by atoms with E-state index < -0.39 is 6.10 Å². The van der Waals surface area contributed by atoms with Gasteiger partial charge in [0.15, 0.2) is 0 Å². The molecule has 0 aliphatic carbocycles. The molecule has 3 unspecified atom stereocenters. The molecule has 3 rings (SSSR count). The maximum Gasteiger partial charge on any atom is 0.225 e. The standard InChI is InChI=1S/C18H25FN2O3/c19-15-5-3-13(4-6-15)10-21-8-7-16(17(22)11-21)20-18(23)14-2-1-9-24-12-14/h3-6,14,16-17,22H,1-2,7-12H2,(H,20,23). The highest BCUT2D eigenvalue weighted by Crippen LogP contribution is 2.18. The normalized spacial score (nSPS) is 28.5. The summed E-state index contributed by atoms with van der Waals surface area (Å²) in [4.78, 5) is 14.4. The highest BCUT2D eigenvalue weighted by atomic mass is 19.1. The average Bonchev–Trinajstić information content (AvgIpc) is 2.60. The minimum absolute atomic E-state index is 0.00858. The van der Waals surface area contributed by atoms with E-state index in [4.69, 9.17) is 4.74 Å². The summed E-state index contributed by atoms with van der Waals surface area (Å²) < 4.78 is 18.3. The Morgan fingerprint density at radius 2 is 2.12 bits per heavy atom. The summed E-state index contributed by atoms with van der Waals surface area (Å²) in [5.41, 5.74) is 1.02. The molecule has 0 spiro atoms. The lowest BCUT2D eigenvalue weighted by Gasteiger charge is -2.37. The molecule has 0 aromatic heterocycles. The summed E-state index contributed by atoms with van der Waals surface area (Å²) in [5, 5.41) is 13.3. The molecule has 2 aliphatic rings. The second kappa shape index (κ2) is 8.05. The van der Waals surface area contributed by atoms with E-state index in [1.54, 1.807) is 12.1 Å². The van der Waals surface area contributed by atoms with Crippen molar-refractivity contribution in [1.82, 2.24) is 10.2 Å². The molecule has 2 N–H and O–H groups in total. The number of nitrogens with one attached hydrogen (secondary N) is 1. The van der Waals surface area contributed by atoms with Crippen molar-refractivity contribution >= 4 is 5.91 Å². The molecule has 1 aromatic rings. The fraction of sp³-hybridized carbons (Fsp3) is 0.611. The second-order valence-corrected chi connectivity index (χ2v) is 6.75. The van der Waals surface area contributed by atoms with Gasteiger partial charge < -0.3 is 15.2 Å². The van der Waals surface area contributed by atoms with Crippen LogP contribution >= 0.6 is 0 Å². The SMILES string of the molecule is O=C(NC1CCN(Cc2ccc(F)cc2)CC1O)C1CCCOC1. The van der Waals surface area contributed by atoms with Crippen molar-refractivity contribution in [3.8, 4) is 0 Å². The lowest BCUT2D eigenvalue weighted by Crippen LogP contribution is -2.55. The molecule has 5 nitrogen and oxygen atoms in total. The number of piperidine rings is 1. The maximum absolute atomic E-state index is 13.0. The third-order valence-electron chi connectivity index (χ3n) is 4.84. The maximum atomic E-state index is 13.0. The Hall–Kier alpha value is -1.50.